The SMILES string of the molecule is CC(C)(C)OC(=O)N1CCc2ccc(-n3ccs/c3=N/C(=O)c3c[nH]c4ncccc34)cc2C1. The number of ether oxygens (including phenoxy) is 1. The maximum atomic E-state index is 13.0. The molecule has 4 heterocycles. The van der Waals surface area contributed by atoms with Gasteiger partial charge in [-0.3, -0.25) is 9.36 Å². The van der Waals surface area contributed by atoms with E-state index in [9.17, 15) is 9.59 Å². The maximum Gasteiger partial charge on any atom is 0.410 e. The number of carbonyl (C=O) groups excluding carboxylic acids is 2. The number of aromatic amines is 1. The summed E-state index contributed by atoms with van der Waals surface area (Å²) in [5.41, 5.74) is 3.77. The van der Waals surface area contributed by atoms with Crippen molar-refractivity contribution in [1.29, 1.82) is 0 Å². The first kappa shape index (κ1) is 22.1. The molecule has 0 bridgehead atoms. The second kappa shape index (κ2) is 8.57. The first-order valence-electron chi connectivity index (χ1n) is 11.1. The van der Waals surface area contributed by atoms with E-state index in [-0.39, 0.29) is 12.0 Å². The zero-order valence-corrected chi connectivity index (χ0v) is 20.1. The fourth-order valence-electron chi connectivity index (χ4n) is 4.01. The number of hydrogen-bond acceptors (Lipinski definition) is 5. The van der Waals surface area contributed by atoms with Gasteiger partial charge in [-0.15, -0.1) is 11.3 Å². The van der Waals surface area contributed by atoms with E-state index >= 15 is 0 Å². The predicted octanol–water partition coefficient (Wildman–Crippen LogP) is 4.45. The Hall–Kier alpha value is -3.72. The molecule has 1 N–H and O–H groups in total. The van der Waals surface area contributed by atoms with Crippen molar-refractivity contribution in [3.8, 4) is 5.69 Å². The van der Waals surface area contributed by atoms with E-state index in [0.717, 1.165) is 23.1 Å². The van der Waals surface area contributed by atoms with Crippen LogP contribution in [0, 0.1) is 0 Å². The van der Waals surface area contributed by atoms with Crippen LogP contribution in [0.1, 0.15) is 42.3 Å². The maximum absolute atomic E-state index is 13.0. The monoisotopic (exact) mass is 475 g/mol. The van der Waals surface area contributed by atoms with Gasteiger partial charge in [0.1, 0.15) is 11.2 Å². The summed E-state index contributed by atoms with van der Waals surface area (Å²) in [6.45, 7) is 6.71. The lowest BCUT2D eigenvalue weighted by Gasteiger charge is -2.31. The van der Waals surface area contributed by atoms with Crippen LogP contribution in [0.5, 0.6) is 0 Å². The smallest absolute Gasteiger partial charge is 0.410 e. The molecule has 9 heteroatoms. The third-order valence-electron chi connectivity index (χ3n) is 5.60. The summed E-state index contributed by atoms with van der Waals surface area (Å²) in [7, 11) is 0. The standard InChI is InChI=1S/C25H25N5O3S/c1-25(2,3)33-24(32)29-10-8-16-6-7-18(13-17(16)15-29)30-11-12-34-23(30)28-22(31)20-14-27-21-19(20)5-4-9-26-21/h4-7,9,11-14H,8,10,15H2,1-3H3,(H,26,27)/b28-23+. The molecule has 4 aromatic rings. The van der Waals surface area contributed by atoms with E-state index in [4.69, 9.17) is 4.74 Å². The van der Waals surface area contributed by atoms with Crippen molar-refractivity contribution in [3.63, 3.8) is 0 Å². The van der Waals surface area contributed by atoms with Gasteiger partial charge in [0.15, 0.2) is 4.80 Å². The lowest BCUT2D eigenvalue weighted by atomic mass is 9.99. The zero-order chi connectivity index (χ0) is 23.9. The quantitative estimate of drug-likeness (QED) is 0.464. The molecule has 0 saturated carbocycles. The number of rotatable bonds is 2. The number of nitrogens with zero attached hydrogens (tertiary/aromatic N) is 4. The molecule has 174 valence electrons. The molecule has 2 amide bonds. The van der Waals surface area contributed by atoms with Gasteiger partial charge in [0.05, 0.1) is 5.56 Å². The molecule has 5 rings (SSSR count). The summed E-state index contributed by atoms with van der Waals surface area (Å²) in [5.74, 6) is -0.329. The molecule has 0 fully saturated rings. The van der Waals surface area contributed by atoms with Crippen molar-refractivity contribution < 1.29 is 14.3 Å². The van der Waals surface area contributed by atoms with E-state index in [0.29, 0.717) is 29.1 Å². The van der Waals surface area contributed by atoms with Crippen molar-refractivity contribution in [2.75, 3.05) is 6.54 Å². The Labute approximate surface area is 200 Å². The molecule has 0 unspecified atom stereocenters. The van der Waals surface area contributed by atoms with Crippen molar-refractivity contribution >= 4 is 34.4 Å². The van der Waals surface area contributed by atoms with Crippen LogP contribution in [0.15, 0.2) is 59.3 Å². The number of nitrogens with one attached hydrogen (secondary N) is 1. The van der Waals surface area contributed by atoms with Crippen LogP contribution < -0.4 is 4.80 Å². The fourth-order valence-corrected chi connectivity index (χ4v) is 4.72. The van der Waals surface area contributed by atoms with Crippen LogP contribution in [0.4, 0.5) is 4.79 Å². The third-order valence-corrected chi connectivity index (χ3v) is 6.36. The molecule has 0 spiro atoms. The van der Waals surface area contributed by atoms with Gasteiger partial charge in [-0.1, -0.05) is 6.07 Å². The van der Waals surface area contributed by atoms with Gasteiger partial charge in [0.25, 0.3) is 5.91 Å². The first-order valence-corrected chi connectivity index (χ1v) is 11.9. The summed E-state index contributed by atoms with van der Waals surface area (Å²) in [6.07, 6.45) is 5.68. The third kappa shape index (κ3) is 4.38. The predicted molar refractivity (Wildman–Crippen MR) is 130 cm³/mol. The molecule has 0 atom stereocenters. The van der Waals surface area contributed by atoms with Gasteiger partial charge in [-0.05, 0) is 62.6 Å². The molecule has 8 nitrogen and oxygen atoms in total. The van der Waals surface area contributed by atoms with Gasteiger partial charge in [-0.2, -0.15) is 4.99 Å². The Morgan fingerprint density at radius 1 is 1.21 bits per heavy atom. The van der Waals surface area contributed by atoms with Gasteiger partial charge < -0.3 is 14.6 Å². The molecular weight excluding hydrogens is 450 g/mol. The molecule has 3 aromatic heterocycles. The first-order chi connectivity index (χ1) is 16.3. The summed E-state index contributed by atoms with van der Waals surface area (Å²) in [6, 6.07) is 9.81. The van der Waals surface area contributed by atoms with E-state index in [1.807, 2.05) is 49.0 Å². The summed E-state index contributed by atoms with van der Waals surface area (Å²) < 4.78 is 7.44. The average molecular weight is 476 g/mol. The second-order valence-electron chi connectivity index (χ2n) is 9.18. The topological polar surface area (TPSA) is 92.6 Å². The molecule has 1 aromatic carbocycles. The minimum Gasteiger partial charge on any atom is -0.444 e. The van der Waals surface area contributed by atoms with E-state index in [1.54, 1.807) is 23.4 Å². The van der Waals surface area contributed by atoms with Gasteiger partial charge >= 0.3 is 6.09 Å². The van der Waals surface area contributed by atoms with E-state index in [2.05, 4.69) is 27.1 Å². The average Bonchev–Trinajstić information content (AvgIpc) is 3.44. The lowest BCUT2D eigenvalue weighted by Crippen LogP contribution is -2.39. The van der Waals surface area contributed by atoms with Crippen LogP contribution in [-0.2, 0) is 17.7 Å². The van der Waals surface area contributed by atoms with Crippen LogP contribution >= 0.6 is 11.3 Å². The number of carbonyl (C=O) groups is 2. The number of H-pyrrole nitrogens is 1. The number of aromatic nitrogens is 3. The van der Waals surface area contributed by atoms with Crippen LogP contribution in [-0.4, -0.2) is 43.6 Å². The van der Waals surface area contributed by atoms with Gasteiger partial charge in [0, 0.05) is 48.1 Å². The molecule has 0 saturated heterocycles. The normalized spacial score (nSPS) is 14.3. The molecular formula is C25H25N5O3S. The Morgan fingerprint density at radius 3 is 2.88 bits per heavy atom. The largest absolute Gasteiger partial charge is 0.444 e. The number of hydrogen-bond donors (Lipinski definition) is 1. The Morgan fingerprint density at radius 2 is 2.06 bits per heavy atom. The molecule has 1 aliphatic rings. The second-order valence-corrected chi connectivity index (χ2v) is 10.1. The Kier molecular flexibility index (Phi) is 5.57. The van der Waals surface area contributed by atoms with Gasteiger partial charge in [0.2, 0.25) is 0 Å². The van der Waals surface area contributed by atoms with Crippen molar-refractivity contribution in [1.82, 2.24) is 19.4 Å². The lowest BCUT2D eigenvalue weighted by molar-refractivity contribution is 0.0224. The van der Waals surface area contributed by atoms with Crippen LogP contribution in [0.2, 0.25) is 0 Å². The Bertz CT molecular complexity index is 1460. The zero-order valence-electron chi connectivity index (χ0n) is 19.2. The van der Waals surface area contributed by atoms with E-state index in [1.165, 1.54) is 16.9 Å². The number of fused-ring (bicyclic) bond motifs is 2. The summed E-state index contributed by atoms with van der Waals surface area (Å²) >= 11 is 1.39. The minimum absolute atomic E-state index is 0.304. The van der Waals surface area contributed by atoms with E-state index < -0.39 is 5.60 Å². The van der Waals surface area contributed by atoms with Crippen LogP contribution in [0.25, 0.3) is 16.7 Å². The van der Waals surface area contributed by atoms with Crippen molar-refractivity contribution in [2.45, 2.75) is 39.3 Å². The summed E-state index contributed by atoms with van der Waals surface area (Å²) in [5, 5.41) is 2.64. The number of amides is 2. The molecule has 0 radical (unpaired) electrons. The molecule has 0 aliphatic carbocycles. The molecule has 34 heavy (non-hydrogen) atoms. The molecule has 1 aliphatic heterocycles. The van der Waals surface area contributed by atoms with Gasteiger partial charge in [-0.25, -0.2) is 9.78 Å². The highest BCUT2D eigenvalue weighted by Gasteiger charge is 2.26. The number of thiazole rings is 1. The number of benzene rings is 1. The highest BCUT2D eigenvalue weighted by atomic mass is 32.1. The highest BCUT2D eigenvalue weighted by Crippen LogP contribution is 2.24. The minimum atomic E-state index is -0.532. The van der Waals surface area contributed by atoms with Crippen LogP contribution in [0.3, 0.4) is 0 Å². The van der Waals surface area contributed by atoms with Crippen molar-refractivity contribution in [2.24, 2.45) is 4.99 Å². The van der Waals surface area contributed by atoms with Crippen molar-refractivity contribution in [3.05, 3.63) is 75.8 Å². The Balaban J connectivity index is 1.44. The summed E-state index contributed by atoms with van der Waals surface area (Å²) in [4.78, 5) is 39.5. The number of pyridine rings is 1. The fraction of sp³-hybridized carbons (Fsp3) is 0.280. The highest BCUT2D eigenvalue weighted by molar-refractivity contribution is 7.07.